The Morgan fingerprint density at radius 3 is 2.88 bits per heavy atom. The first-order chi connectivity index (χ1) is 8.15. The Morgan fingerprint density at radius 1 is 1.47 bits per heavy atom. The van der Waals surface area contributed by atoms with Gasteiger partial charge in [-0.2, -0.15) is 0 Å². The maximum absolute atomic E-state index is 11.5. The first-order valence-electron chi connectivity index (χ1n) is 4.92. The molecule has 0 aliphatic carbocycles. The fourth-order valence-corrected chi connectivity index (χ4v) is 5.03. The molecule has 0 atom stereocenters. The minimum atomic E-state index is -2.65. The van der Waals surface area contributed by atoms with E-state index in [0.29, 0.717) is 9.13 Å². The van der Waals surface area contributed by atoms with E-state index in [1.807, 2.05) is 0 Å². The number of carbonyl (C=O) groups excluding carboxylic acids is 2. The minimum absolute atomic E-state index is 0.200. The van der Waals surface area contributed by atoms with Crippen molar-refractivity contribution in [1.82, 2.24) is 0 Å². The molecule has 5 nitrogen and oxygen atoms in total. The van der Waals surface area contributed by atoms with Crippen LogP contribution < -0.4 is 0 Å². The molecular weight excluding hydrogens is 337 g/mol. The SMILES string of the molecule is CCOC(=O)C(=N)I1OC(=O)c2ccccc21. The van der Waals surface area contributed by atoms with Gasteiger partial charge in [0.25, 0.3) is 0 Å². The van der Waals surface area contributed by atoms with Gasteiger partial charge in [0.05, 0.1) is 0 Å². The fourth-order valence-electron chi connectivity index (χ4n) is 1.33. The van der Waals surface area contributed by atoms with E-state index in [-0.39, 0.29) is 10.3 Å². The second-order valence-electron chi connectivity index (χ2n) is 3.13. The number of halogens is 1. The number of fused-ring (bicyclic) bond motifs is 1. The molecule has 0 bridgehead atoms. The summed E-state index contributed by atoms with van der Waals surface area (Å²) in [5.74, 6) is -1.14. The summed E-state index contributed by atoms with van der Waals surface area (Å²) in [7, 11) is 0. The van der Waals surface area contributed by atoms with Gasteiger partial charge in [-0.25, -0.2) is 0 Å². The van der Waals surface area contributed by atoms with E-state index in [4.69, 9.17) is 13.2 Å². The molecule has 0 spiro atoms. The molecule has 0 fully saturated rings. The van der Waals surface area contributed by atoms with Crippen molar-refractivity contribution < 1.29 is 17.4 Å². The monoisotopic (exact) mass is 347 g/mol. The van der Waals surface area contributed by atoms with E-state index in [1.165, 1.54) is 0 Å². The van der Waals surface area contributed by atoms with E-state index in [9.17, 15) is 9.59 Å². The van der Waals surface area contributed by atoms with Gasteiger partial charge in [-0.1, -0.05) is 0 Å². The molecule has 2 rings (SSSR count). The topological polar surface area (TPSA) is 76.5 Å². The van der Waals surface area contributed by atoms with Crippen LogP contribution in [0.3, 0.4) is 0 Å². The number of hydrogen-bond donors (Lipinski definition) is 1. The first-order valence-corrected chi connectivity index (χ1v) is 7.96. The van der Waals surface area contributed by atoms with Gasteiger partial charge in [0, 0.05) is 0 Å². The number of esters is 1. The summed E-state index contributed by atoms with van der Waals surface area (Å²) in [6, 6.07) is 6.88. The summed E-state index contributed by atoms with van der Waals surface area (Å²) in [5, 5.41) is 7.73. The fraction of sp³-hybridized carbons (Fsp3) is 0.182. The van der Waals surface area contributed by atoms with Crippen LogP contribution in [0.15, 0.2) is 24.3 Å². The van der Waals surface area contributed by atoms with Gasteiger partial charge in [0.15, 0.2) is 0 Å². The molecule has 6 heteroatoms. The van der Waals surface area contributed by atoms with Crippen LogP contribution in [0.4, 0.5) is 0 Å². The molecule has 1 aliphatic heterocycles. The zero-order valence-corrected chi connectivity index (χ0v) is 11.2. The van der Waals surface area contributed by atoms with Crippen molar-refractivity contribution in [2.75, 3.05) is 6.61 Å². The summed E-state index contributed by atoms with van der Waals surface area (Å²) >= 11 is -2.65. The third kappa shape index (κ3) is 2.17. The number of hydrogen-bond acceptors (Lipinski definition) is 5. The van der Waals surface area contributed by atoms with Crippen LogP contribution in [-0.4, -0.2) is 22.3 Å². The molecule has 0 amide bonds. The Hall–Kier alpha value is -1.44. The Bertz CT molecular complexity index is 500. The van der Waals surface area contributed by atoms with Gasteiger partial charge in [-0.15, -0.1) is 0 Å². The van der Waals surface area contributed by atoms with Crippen LogP contribution in [0.1, 0.15) is 17.3 Å². The molecule has 1 aromatic rings. The maximum atomic E-state index is 11.5. The molecule has 1 aliphatic rings. The van der Waals surface area contributed by atoms with Crippen molar-refractivity contribution in [2.45, 2.75) is 6.92 Å². The molecule has 1 N–H and O–H groups in total. The summed E-state index contributed by atoms with van der Waals surface area (Å²) < 4.78 is 10.4. The van der Waals surface area contributed by atoms with Crippen LogP contribution in [0.5, 0.6) is 0 Å². The molecule has 0 unspecified atom stereocenters. The van der Waals surface area contributed by atoms with Crippen molar-refractivity contribution in [3.8, 4) is 0 Å². The molecule has 17 heavy (non-hydrogen) atoms. The van der Waals surface area contributed by atoms with E-state index >= 15 is 0 Å². The van der Waals surface area contributed by atoms with Crippen LogP contribution in [-0.2, 0) is 12.6 Å². The van der Waals surface area contributed by atoms with Crippen molar-refractivity contribution in [1.29, 1.82) is 5.41 Å². The second-order valence-corrected chi connectivity index (χ2v) is 7.23. The average Bonchev–Trinajstić information content (AvgIpc) is 2.67. The molecule has 1 aromatic carbocycles. The zero-order valence-electron chi connectivity index (χ0n) is 9.03. The van der Waals surface area contributed by atoms with Gasteiger partial charge in [0.1, 0.15) is 0 Å². The summed E-state index contributed by atoms with van der Waals surface area (Å²) in [6.07, 6.45) is 0. The van der Waals surface area contributed by atoms with Crippen molar-refractivity contribution >= 4 is 35.9 Å². The van der Waals surface area contributed by atoms with Crippen molar-refractivity contribution in [3.63, 3.8) is 0 Å². The standard InChI is InChI=1S/C11H10INO4/c1-2-16-11(15)9(13)12-8-6-4-3-5-7(8)10(14)17-12/h3-6,13H,2H2,1H3. The number of carbonyl (C=O) groups is 2. The second kappa shape index (κ2) is 4.82. The normalized spacial score (nSPS) is 15.1. The Morgan fingerprint density at radius 2 is 2.18 bits per heavy atom. The predicted octanol–water partition coefficient (Wildman–Crippen LogP) is 1.99. The third-order valence-electron chi connectivity index (χ3n) is 2.05. The summed E-state index contributed by atoms with van der Waals surface area (Å²) in [5.41, 5.74) is 0.465. The molecule has 0 radical (unpaired) electrons. The molecule has 90 valence electrons. The predicted molar refractivity (Wildman–Crippen MR) is 68.9 cm³/mol. The third-order valence-corrected chi connectivity index (χ3v) is 6.31. The number of benzene rings is 1. The van der Waals surface area contributed by atoms with E-state index in [2.05, 4.69) is 0 Å². The quantitative estimate of drug-likeness (QED) is 0.515. The van der Waals surface area contributed by atoms with Crippen molar-refractivity contribution in [2.24, 2.45) is 0 Å². The Labute approximate surface area is 106 Å². The Kier molecular flexibility index (Phi) is 3.41. The van der Waals surface area contributed by atoms with Gasteiger partial charge in [-0.05, 0) is 0 Å². The molecular formula is C11H10INO4. The van der Waals surface area contributed by atoms with Gasteiger partial charge in [0.2, 0.25) is 0 Å². The summed E-state index contributed by atoms with van der Waals surface area (Å²) in [4.78, 5) is 23.0. The van der Waals surface area contributed by atoms with E-state index in [1.54, 1.807) is 31.2 Å². The molecule has 0 saturated carbocycles. The first kappa shape index (κ1) is 12.0. The average molecular weight is 347 g/mol. The van der Waals surface area contributed by atoms with Crippen LogP contribution in [0, 0.1) is 8.98 Å². The van der Waals surface area contributed by atoms with Crippen molar-refractivity contribution in [3.05, 3.63) is 33.4 Å². The van der Waals surface area contributed by atoms with Gasteiger partial charge in [-0.3, -0.25) is 0 Å². The number of ether oxygens (including phenoxy) is 1. The summed E-state index contributed by atoms with van der Waals surface area (Å²) in [6.45, 7) is 1.88. The van der Waals surface area contributed by atoms with Gasteiger partial charge >= 0.3 is 106 Å². The molecule has 1 heterocycles. The van der Waals surface area contributed by atoms with Gasteiger partial charge < -0.3 is 0 Å². The van der Waals surface area contributed by atoms with E-state index < -0.39 is 32.2 Å². The van der Waals surface area contributed by atoms with Crippen LogP contribution in [0.25, 0.3) is 0 Å². The number of rotatable bonds is 3. The van der Waals surface area contributed by atoms with Crippen LogP contribution >= 0.6 is 20.2 Å². The zero-order chi connectivity index (χ0) is 12.4. The van der Waals surface area contributed by atoms with Crippen LogP contribution in [0.2, 0.25) is 0 Å². The number of nitrogens with one attached hydrogen (secondary N) is 1. The van der Waals surface area contributed by atoms with E-state index in [0.717, 1.165) is 0 Å². The Balaban J connectivity index is 2.28. The molecule has 0 saturated heterocycles. The molecule has 0 aromatic heterocycles.